The molecule has 2 aliphatic heterocycles. The van der Waals surface area contributed by atoms with Gasteiger partial charge in [0.05, 0.1) is 23.4 Å². The van der Waals surface area contributed by atoms with E-state index in [0.29, 0.717) is 61.5 Å². The molecule has 1 fully saturated rings. The van der Waals surface area contributed by atoms with Crippen LogP contribution in [0.25, 0.3) is 10.9 Å². The van der Waals surface area contributed by atoms with Gasteiger partial charge in [-0.25, -0.2) is 0 Å². The summed E-state index contributed by atoms with van der Waals surface area (Å²) < 4.78 is 17.8. The van der Waals surface area contributed by atoms with Crippen LogP contribution < -0.4 is 14.9 Å². The Hall–Kier alpha value is -3.03. The van der Waals surface area contributed by atoms with E-state index in [1.54, 1.807) is 30.2 Å². The van der Waals surface area contributed by atoms with Gasteiger partial charge in [0.25, 0.3) is 5.91 Å². The van der Waals surface area contributed by atoms with E-state index in [4.69, 9.17) is 14.2 Å². The number of esters is 1. The van der Waals surface area contributed by atoms with E-state index in [9.17, 15) is 14.4 Å². The van der Waals surface area contributed by atoms with E-state index in [2.05, 4.69) is 0 Å². The van der Waals surface area contributed by atoms with Crippen LogP contribution in [0.1, 0.15) is 37.0 Å². The van der Waals surface area contributed by atoms with Crippen LogP contribution in [0.3, 0.4) is 0 Å². The largest absolute Gasteiger partial charge is 0.466 e. The summed E-state index contributed by atoms with van der Waals surface area (Å²) in [6, 6.07) is 3.43. The van der Waals surface area contributed by atoms with Gasteiger partial charge in [-0.2, -0.15) is 0 Å². The lowest BCUT2D eigenvalue weighted by molar-refractivity contribution is -0.149. The van der Waals surface area contributed by atoms with Crippen molar-refractivity contribution in [2.75, 3.05) is 26.5 Å². The summed E-state index contributed by atoms with van der Waals surface area (Å²) >= 11 is 0. The molecule has 4 rings (SSSR count). The number of amides is 1. The highest BCUT2D eigenvalue weighted by atomic mass is 16.7. The molecular weight excluding hydrogens is 376 g/mol. The van der Waals surface area contributed by atoms with E-state index in [0.717, 1.165) is 0 Å². The summed E-state index contributed by atoms with van der Waals surface area (Å²) in [4.78, 5) is 39.8. The molecule has 1 aromatic heterocycles. The first-order chi connectivity index (χ1) is 14.0. The van der Waals surface area contributed by atoms with E-state index in [1.165, 1.54) is 0 Å². The molecule has 2 aliphatic rings. The Morgan fingerprint density at radius 2 is 1.83 bits per heavy atom. The van der Waals surface area contributed by atoms with E-state index >= 15 is 0 Å². The molecule has 154 valence electrons. The van der Waals surface area contributed by atoms with Gasteiger partial charge in [0.15, 0.2) is 11.5 Å². The van der Waals surface area contributed by atoms with Gasteiger partial charge < -0.3 is 23.7 Å². The summed E-state index contributed by atoms with van der Waals surface area (Å²) in [6.45, 7) is 5.65. The number of carbonyl (C=O) groups is 2. The van der Waals surface area contributed by atoms with Gasteiger partial charge in [0.1, 0.15) is 5.56 Å². The number of nitrogens with zero attached hydrogens (tertiary/aromatic N) is 2. The number of carbonyl (C=O) groups excluding carboxylic acids is 2. The third kappa shape index (κ3) is 3.43. The molecule has 1 saturated heterocycles. The van der Waals surface area contributed by atoms with E-state index in [-0.39, 0.29) is 35.6 Å². The first-order valence-electron chi connectivity index (χ1n) is 9.96. The minimum absolute atomic E-state index is 0.118. The number of benzene rings is 1. The highest BCUT2D eigenvalue weighted by molar-refractivity contribution is 5.98. The lowest BCUT2D eigenvalue weighted by Crippen LogP contribution is -2.42. The highest BCUT2D eigenvalue weighted by Gasteiger charge is 2.30. The lowest BCUT2D eigenvalue weighted by atomic mass is 9.96. The second-order valence-corrected chi connectivity index (χ2v) is 7.20. The lowest BCUT2D eigenvalue weighted by Gasteiger charge is -2.31. The second-order valence-electron chi connectivity index (χ2n) is 7.20. The Labute approximate surface area is 167 Å². The number of aryl methyl sites for hydroxylation is 1. The number of ether oxygens (including phenoxy) is 3. The molecule has 0 N–H and O–H groups in total. The Balaban J connectivity index is 1.63. The Bertz CT molecular complexity index is 1020. The molecule has 29 heavy (non-hydrogen) atoms. The van der Waals surface area contributed by atoms with Crippen LogP contribution in [0.15, 0.2) is 23.1 Å². The number of hydrogen-bond donors (Lipinski definition) is 0. The number of fused-ring (bicyclic) bond motifs is 2. The van der Waals surface area contributed by atoms with Crippen LogP contribution in [0, 0.1) is 5.92 Å². The molecule has 1 aromatic carbocycles. The van der Waals surface area contributed by atoms with Crippen molar-refractivity contribution in [3.8, 4) is 11.5 Å². The monoisotopic (exact) mass is 400 g/mol. The fourth-order valence-corrected chi connectivity index (χ4v) is 3.94. The topological polar surface area (TPSA) is 87.1 Å². The van der Waals surface area contributed by atoms with E-state index < -0.39 is 0 Å². The number of pyridine rings is 1. The molecule has 3 heterocycles. The second kappa shape index (κ2) is 7.77. The van der Waals surface area contributed by atoms with Crippen molar-refractivity contribution in [2.45, 2.75) is 33.2 Å². The summed E-state index contributed by atoms with van der Waals surface area (Å²) in [6.07, 6.45) is 2.70. The van der Waals surface area contributed by atoms with Gasteiger partial charge in [-0.1, -0.05) is 0 Å². The molecule has 8 heteroatoms. The molecule has 0 spiro atoms. The minimum atomic E-state index is -0.319. The minimum Gasteiger partial charge on any atom is -0.466 e. The SMILES string of the molecule is CCOC(=O)C1CCN(C(=O)c2cn(CC)c3cc4c(cc3c2=O)OCO4)CC1. The Morgan fingerprint density at radius 1 is 1.14 bits per heavy atom. The molecule has 0 bridgehead atoms. The van der Waals surface area contributed by atoms with Crippen LogP contribution in [0.2, 0.25) is 0 Å². The standard InChI is InChI=1S/C21H24N2O6/c1-3-22-11-15(19(24)14-9-17-18(10-16(14)22)29-12-28-17)20(25)23-7-5-13(6-8-23)21(26)27-4-2/h9-11,13H,3-8,12H2,1-2H3. The Kier molecular flexibility index (Phi) is 5.17. The number of hydrogen-bond acceptors (Lipinski definition) is 6. The number of likely N-dealkylation sites (tertiary alicyclic amines) is 1. The maximum atomic E-state index is 13.1. The fourth-order valence-electron chi connectivity index (χ4n) is 3.94. The number of rotatable bonds is 4. The van der Waals surface area contributed by atoms with E-state index in [1.807, 2.05) is 11.5 Å². The van der Waals surface area contributed by atoms with Crippen molar-refractivity contribution in [2.24, 2.45) is 5.92 Å². The molecule has 0 radical (unpaired) electrons. The quantitative estimate of drug-likeness (QED) is 0.731. The van der Waals surface area contributed by atoms with Crippen molar-refractivity contribution in [1.29, 1.82) is 0 Å². The number of aromatic nitrogens is 1. The molecule has 2 aromatic rings. The predicted molar refractivity (Wildman–Crippen MR) is 105 cm³/mol. The van der Waals surface area contributed by atoms with Gasteiger partial charge in [-0.05, 0) is 32.8 Å². The summed E-state index contributed by atoms with van der Waals surface area (Å²) in [5.41, 5.74) is 0.521. The van der Waals surface area contributed by atoms with Crippen LogP contribution in [0.5, 0.6) is 11.5 Å². The van der Waals surface area contributed by atoms with Crippen molar-refractivity contribution < 1.29 is 23.8 Å². The highest BCUT2D eigenvalue weighted by Crippen LogP contribution is 2.35. The maximum absolute atomic E-state index is 13.1. The normalized spacial score (nSPS) is 16.3. The maximum Gasteiger partial charge on any atom is 0.309 e. The third-order valence-electron chi connectivity index (χ3n) is 5.55. The summed E-state index contributed by atoms with van der Waals surface area (Å²) in [5, 5.41) is 0.434. The fraction of sp³-hybridized carbons (Fsp3) is 0.476. The average molecular weight is 400 g/mol. The smallest absolute Gasteiger partial charge is 0.309 e. The van der Waals surface area contributed by atoms with Gasteiger partial charge >= 0.3 is 5.97 Å². The molecule has 0 atom stereocenters. The van der Waals surface area contributed by atoms with Gasteiger partial charge in [0.2, 0.25) is 12.2 Å². The van der Waals surface area contributed by atoms with Crippen LogP contribution in [-0.4, -0.2) is 47.8 Å². The average Bonchev–Trinajstić information content (AvgIpc) is 3.20. The zero-order valence-corrected chi connectivity index (χ0v) is 16.6. The Morgan fingerprint density at radius 3 is 2.48 bits per heavy atom. The van der Waals surface area contributed by atoms with Gasteiger partial charge in [-0.15, -0.1) is 0 Å². The van der Waals surface area contributed by atoms with Gasteiger partial charge in [0, 0.05) is 31.9 Å². The van der Waals surface area contributed by atoms with Crippen LogP contribution in [0.4, 0.5) is 0 Å². The summed E-state index contributed by atoms with van der Waals surface area (Å²) in [7, 11) is 0. The summed E-state index contributed by atoms with van der Waals surface area (Å²) in [5.74, 6) is 0.396. The van der Waals surface area contributed by atoms with Crippen molar-refractivity contribution >= 4 is 22.8 Å². The molecule has 0 unspecified atom stereocenters. The predicted octanol–water partition coefficient (Wildman–Crippen LogP) is 2.17. The number of piperidine rings is 1. The van der Waals surface area contributed by atoms with Crippen molar-refractivity contribution in [3.63, 3.8) is 0 Å². The van der Waals surface area contributed by atoms with Gasteiger partial charge in [-0.3, -0.25) is 14.4 Å². The first-order valence-corrected chi connectivity index (χ1v) is 9.96. The zero-order chi connectivity index (χ0) is 20.5. The molecule has 0 saturated carbocycles. The third-order valence-corrected chi connectivity index (χ3v) is 5.55. The van der Waals surface area contributed by atoms with Crippen molar-refractivity contribution in [1.82, 2.24) is 9.47 Å². The molecule has 0 aliphatic carbocycles. The molecular formula is C21H24N2O6. The molecule has 8 nitrogen and oxygen atoms in total. The van der Waals surface area contributed by atoms with Crippen LogP contribution >= 0.6 is 0 Å². The first kappa shape index (κ1) is 19.3. The van der Waals surface area contributed by atoms with Crippen LogP contribution in [-0.2, 0) is 16.1 Å². The zero-order valence-electron chi connectivity index (χ0n) is 16.6. The van der Waals surface area contributed by atoms with Crippen molar-refractivity contribution in [3.05, 3.63) is 34.1 Å². The molecule has 1 amide bonds.